The zero-order valence-corrected chi connectivity index (χ0v) is 13.2. The summed E-state index contributed by atoms with van der Waals surface area (Å²) in [7, 11) is 0. The summed E-state index contributed by atoms with van der Waals surface area (Å²) in [6.07, 6.45) is 1.05. The van der Waals surface area contributed by atoms with Gasteiger partial charge in [0.25, 0.3) is 0 Å². The third kappa shape index (κ3) is 5.01. The molecule has 0 saturated carbocycles. The minimum Gasteiger partial charge on any atom is -0.490 e. The molecule has 0 aliphatic heterocycles. The number of halogens is 1. The topological polar surface area (TPSA) is 64.3 Å². The Morgan fingerprint density at radius 2 is 2.19 bits per heavy atom. The molecule has 2 atom stereocenters. The van der Waals surface area contributed by atoms with Crippen molar-refractivity contribution in [3.05, 3.63) is 29.6 Å². The van der Waals surface area contributed by atoms with Gasteiger partial charge in [-0.05, 0) is 45.4 Å². The maximum absolute atomic E-state index is 13.3. The minimum absolute atomic E-state index is 0.271. The largest absolute Gasteiger partial charge is 0.490 e. The standard InChI is InChI=1S/C16H25FN2O2/c1-5-8-19-16(4,15(18)20)10-12(3)21-14-9-13(17)7-6-11(14)2/h6-7,9,12,19H,5,8,10H2,1-4H3,(H2,18,20). The highest BCUT2D eigenvalue weighted by atomic mass is 19.1. The first-order chi connectivity index (χ1) is 9.78. The van der Waals surface area contributed by atoms with Gasteiger partial charge in [0, 0.05) is 12.5 Å². The predicted octanol–water partition coefficient (Wildman–Crippen LogP) is 2.54. The Bertz CT molecular complexity index is 493. The van der Waals surface area contributed by atoms with Gasteiger partial charge in [-0.1, -0.05) is 13.0 Å². The van der Waals surface area contributed by atoms with Gasteiger partial charge in [-0.15, -0.1) is 0 Å². The Balaban J connectivity index is 2.76. The molecule has 1 aromatic carbocycles. The zero-order chi connectivity index (χ0) is 16.0. The molecule has 1 aromatic rings. The summed E-state index contributed by atoms with van der Waals surface area (Å²) in [5.74, 6) is -0.267. The Hall–Kier alpha value is -1.62. The molecule has 0 heterocycles. The lowest BCUT2D eigenvalue weighted by atomic mass is 9.93. The minimum atomic E-state index is -0.837. The molecule has 0 aliphatic carbocycles. The van der Waals surface area contributed by atoms with Crippen LogP contribution < -0.4 is 15.8 Å². The van der Waals surface area contributed by atoms with Crippen molar-refractivity contribution in [2.24, 2.45) is 5.73 Å². The number of primary amides is 1. The number of hydrogen-bond donors (Lipinski definition) is 2. The van der Waals surface area contributed by atoms with E-state index in [0.717, 1.165) is 12.0 Å². The number of nitrogens with two attached hydrogens (primary N) is 1. The molecule has 0 saturated heterocycles. The van der Waals surface area contributed by atoms with Crippen molar-refractivity contribution in [1.29, 1.82) is 0 Å². The van der Waals surface area contributed by atoms with E-state index in [0.29, 0.717) is 18.7 Å². The van der Waals surface area contributed by atoms with Crippen LogP contribution in [-0.4, -0.2) is 24.1 Å². The Morgan fingerprint density at radius 1 is 1.52 bits per heavy atom. The number of amides is 1. The Kier molecular flexibility index (Phi) is 6.15. The van der Waals surface area contributed by atoms with Gasteiger partial charge in [-0.25, -0.2) is 4.39 Å². The third-order valence-corrected chi connectivity index (χ3v) is 3.48. The third-order valence-electron chi connectivity index (χ3n) is 3.48. The van der Waals surface area contributed by atoms with Crippen molar-refractivity contribution in [2.75, 3.05) is 6.54 Å². The highest BCUT2D eigenvalue weighted by Gasteiger charge is 2.32. The van der Waals surface area contributed by atoms with Crippen molar-refractivity contribution >= 4 is 5.91 Å². The predicted molar refractivity (Wildman–Crippen MR) is 81.7 cm³/mol. The van der Waals surface area contributed by atoms with Gasteiger partial charge in [-0.3, -0.25) is 4.79 Å². The highest BCUT2D eigenvalue weighted by molar-refractivity contribution is 5.84. The molecule has 0 radical (unpaired) electrons. The summed E-state index contributed by atoms with van der Waals surface area (Å²) in [6.45, 7) is 8.18. The summed E-state index contributed by atoms with van der Waals surface area (Å²) in [5, 5.41) is 3.16. The van der Waals surface area contributed by atoms with Crippen LogP contribution in [0, 0.1) is 12.7 Å². The number of hydrogen-bond acceptors (Lipinski definition) is 3. The zero-order valence-electron chi connectivity index (χ0n) is 13.2. The van der Waals surface area contributed by atoms with Crippen molar-refractivity contribution in [1.82, 2.24) is 5.32 Å². The van der Waals surface area contributed by atoms with E-state index < -0.39 is 11.4 Å². The lowest BCUT2D eigenvalue weighted by Gasteiger charge is -2.30. The molecule has 4 nitrogen and oxygen atoms in total. The number of rotatable bonds is 8. The van der Waals surface area contributed by atoms with E-state index in [1.807, 2.05) is 20.8 Å². The second-order valence-electron chi connectivity index (χ2n) is 5.67. The summed E-state index contributed by atoms with van der Waals surface area (Å²) in [6, 6.07) is 4.41. The van der Waals surface area contributed by atoms with Crippen molar-refractivity contribution < 1.29 is 13.9 Å². The van der Waals surface area contributed by atoms with Gasteiger partial charge >= 0.3 is 0 Å². The van der Waals surface area contributed by atoms with Crippen LogP contribution in [0.5, 0.6) is 5.75 Å². The number of carbonyl (C=O) groups is 1. The monoisotopic (exact) mass is 296 g/mol. The highest BCUT2D eigenvalue weighted by Crippen LogP contribution is 2.23. The summed E-state index contributed by atoms with van der Waals surface area (Å²) >= 11 is 0. The van der Waals surface area contributed by atoms with Crippen LogP contribution in [0.4, 0.5) is 4.39 Å². The molecular weight excluding hydrogens is 271 g/mol. The van der Waals surface area contributed by atoms with E-state index >= 15 is 0 Å². The van der Waals surface area contributed by atoms with E-state index in [1.165, 1.54) is 12.1 Å². The van der Waals surface area contributed by atoms with Crippen LogP contribution >= 0.6 is 0 Å². The van der Waals surface area contributed by atoms with E-state index in [4.69, 9.17) is 10.5 Å². The maximum atomic E-state index is 13.3. The lowest BCUT2D eigenvalue weighted by molar-refractivity contribution is -0.124. The molecule has 0 aromatic heterocycles. The van der Waals surface area contributed by atoms with Crippen LogP contribution in [0.2, 0.25) is 0 Å². The molecule has 1 rings (SSSR count). The van der Waals surface area contributed by atoms with Gasteiger partial charge in [0.1, 0.15) is 11.6 Å². The second-order valence-corrected chi connectivity index (χ2v) is 5.67. The first-order valence-corrected chi connectivity index (χ1v) is 7.26. The molecule has 0 bridgehead atoms. The van der Waals surface area contributed by atoms with Crippen molar-refractivity contribution in [3.8, 4) is 5.75 Å². The van der Waals surface area contributed by atoms with E-state index in [2.05, 4.69) is 5.32 Å². The molecular formula is C16H25FN2O2. The smallest absolute Gasteiger partial charge is 0.237 e. The van der Waals surface area contributed by atoms with Crippen LogP contribution in [0.15, 0.2) is 18.2 Å². The van der Waals surface area contributed by atoms with E-state index in [-0.39, 0.29) is 11.9 Å². The van der Waals surface area contributed by atoms with Crippen LogP contribution in [0.25, 0.3) is 0 Å². The quantitative estimate of drug-likeness (QED) is 0.775. The lowest BCUT2D eigenvalue weighted by Crippen LogP contribution is -2.55. The van der Waals surface area contributed by atoms with Crippen LogP contribution in [0.1, 0.15) is 39.2 Å². The molecule has 1 amide bonds. The number of benzene rings is 1. The molecule has 2 unspecified atom stereocenters. The number of aryl methyl sites for hydroxylation is 1. The maximum Gasteiger partial charge on any atom is 0.237 e. The van der Waals surface area contributed by atoms with Crippen molar-refractivity contribution in [3.63, 3.8) is 0 Å². The summed E-state index contributed by atoms with van der Waals surface area (Å²) in [5.41, 5.74) is 5.51. The van der Waals surface area contributed by atoms with Gasteiger partial charge < -0.3 is 15.8 Å². The van der Waals surface area contributed by atoms with Crippen LogP contribution in [-0.2, 0) is 4.79 Å². The fourth-order valence-electron chi connectivity index (χ4n) is 2.19. The van der Waals surface area contributed by atoms with E-state index in [1.54, 1.807) is 13.0 Å². The molecule has 3 N–H and O–H groups in total. The van der Waals surface area contributed by atoms with Crippen LogP contribution in [0.3, 0.4) is 0 Å². The summed E-state index contributed by atoms with van der Waals surface area (Å²) in [4.78, 5) is 11.7. The Labute approximate surface area is 125 Å². The number of nitrogens with one attached hydrogen (secondary N) is 1. The van der Waals surface area contributed by atoms with E-state index in [9.17, 15) is 9.18 Å². The average Bonchev–Trinajstić information content (AvgIpc) is 2.40. The molecule has 118 valence electrons. The number of ether oxygens (including phenoxy) is 1. The SMILES string of the molecule is CCCNC(C)(CC(C)Oc1cc(F)ccc1C)C(N)=O. The van der Waals surface area contributed by atoms with Gasteiger partial charge in [0.2, 0.25) is 5.91 Å². The normalized spacial score (nSPS) is 15.3. The fraction of sp³-hybridized carbons (Fsp3) is 0.562. The molecule has 0 aliphatic rings. The molecule has 5 heteroatoms. The summed E-state index contributed by atoms with van der Waals surface area (Å²) < 4.78 is 19.0. The number of carbonyl (C=O) groups excluding carboxylic acids is 1. The van der Waals surface area contributed by atoms with Gasteiger partial charge in [0.05, 0.1) is 11.6 Å². The first kappa shape index (κ1) is 17.4. The molecule has 0 fully saturated rings. The first-order valence-electron chi connectivity index (χ1n) is 7.26. The molecule has 0 spiro atoms. The second kappa shape index (κ2) is 7.41. The molecule has 21 heavy (non-hydrogen) atoms. The van der Waals surface area contributed by atoms with Crippen molar-refractivity contribution in [2.45, 2.75) is 52.2 Å². The fourth-order valence-corrected chi connectivity index (χ4v) is 2.19. The average molecular weight is 296 g/mol. The van der Waals surface area contributed by atoms with Gasteiger partial charge in [-0.2, -0.15) is 0 Å². The van der Waals surface area contributed by atoms with Gasteiger partial charge in [0.15, 0.2) is 0 Å². The Morgan fingerprint density at radius 3 is 2.76 bits per heavy atom.